The molecule has 2 aromatic rings. The highest BCUT2D eigenvalue weighted by atomic mass is 35.5. The maximum Gasteiger partial charge on any atom is 0.219 e. The highest BCUT2D eigenvalue weighted by Gasteiger charge is 2.26. The highest BCUT2D eigenvalue weighted by Crippen LogP contribution is 2.42. The molecule has 26 heavy (non-hydrogen) atoms. The first-order valence-corrected chi connectivity index (χ1v) is 8.91. The van der Waals surface area contributed by atoms with Gasteiger partial charge in [-0.2, -0.15) is 0 Å². The van der Waals surface area contributed by atoms with Gasteiger partial charge < -0.3 is 19.5 Å². The van der Waals surface area contributed by atoms with E-state index in [4.69, 9.17) is 25.8 Å². The molecule has 138 valence electrons. The van der Waals surface area contributed by atoms with Crippen molar-refractivity contribution in [2.24, 2.45) is 0 Å². The van der Waals surface area contributed by atoms with Gasteiger partial charge in [-0.15, -0.1) is 0 Å². The monoisotopic (exact) mass is 375 g/mol. The highest BCUT2D eigenvalue weighted by molar-refractivity contribution is 6.32. The number of fused-ring (bicyclic) bond motifs is 1. The summed E-state index contributed by atoms with van der Waals surface area (Å²) in [7, 11) is 3.26. The van der Waals surface area contributed by atoms with E-state index >= 15 is 0 Å². The predicted octanol–water partition coefficient (Wildman–Crippen LogP) is 3.85. The molecule has 1 heterocycles. The number of hydrogen-bond donors (Lipinski definition) is 1. The van der Waals surface area contributed by atoms with Crippen molar-refractivity contribution in [3.8, 4) is 28.4 Å². The minimum atomic E-state index is -0.111. The molecule has 1 aliphatic heterocycles. The molecule has 0 fully saturated rings. The lowest BCUT2D eigenvalue weighted by Crippen LogP contribution is -2.33. The number of methoxy groups -OCH3 is 2. The fraction of sp³-hybridized carbons (Fsp3) is 0.350. The van der Waals surface area contributed by atoms with Crippen LogP contribution in [0.5, 0.6) is 17.2 Å². The van der Waals surface area contributed by atoms with E-state index in [1.165, 1.54) is 0 Å². The number of carbonyl (C=O) groups is 1. The van der Waals surface area contributed by atoms with Gasteiger partial charge in [0.05, 0.1) is 25.8 Å². The molecule has 1 atom stereocenters. The molecule has 0 bridgehead atoms. The van der Waals surface area contributed by atoms with Gasteiger partial charge in [0.2, 0.25) is 5.91 Å². The van der Waals surface area contributed by atoms with Crippen LogP contribution in [0, 0.1) is 0 Å². The Morgan fingerprint density at radius 2 is 2.08 bits per heavy atom. The molecule has 3 rings (SSSR count). The standard InChI is InChI=1S/C20H22ClNO4/c1-4-19(23)22-11-15-8-13-7-12(9-17(21)20(13)26-15)16-10-14(24-2)5-6-18(16)25-3/h5-7,9-10,15H,4,8,11H2,1-3H3,(H,22,23)/t15-/m1/s1. The molecular weight excluding hydrogens is 354 g/mol. The molecule has 1 amide bonds. The Kier molecular flexibility index (Phi) is 5.57. The SMILES string of the molecule is CCC(=O)NC[C@H]1Cc2cc(-c3cc(OC)ccc3OC)cc(Cl)c2O1. The van der Waals surface area contributed by atoms with E-state index in [1.54, 1.807) is 14.2 Å². The van der Waals surface area contributed by atoms with Gasteiger partial charge in [-0.1, -0.05) is 18.5 Å². The Hall–Kier alpha value is -2.40. The number of hydrogen-bond acceptors (Lipinski definition) is 4. The summed E-state index contributed by atoms with van der Waals surface area (Å²) in [6, 6.07) is 9.57. The molecule has 0 saturated heterocycles. The second-order valence-electron chi connectivity index (χ2n) is 6.11. The molecule has 0 aromatic heterocycles. The third-order valence-corrected chi connectivity index (χ3v) is 4.70. The number of halogens is 1. The molecule has 0 unspecified atom stereocenters. The molecule has 2 aromatic carbocycles. The second kappa shape index (κ2) is 7.87. The normalized spacial score (nSPS) is 15.2. The quantitative estimate of drug-likeness (QED) is 0.833. The molecular formula is C20H22ClNO4. The van der Waals surface area contributed by atoms with Gasteiger partial charge in [0.15, 0.2) is 0 Å². The first-order chi connectivity index (χ1) is 12.5. The fourth-order valence-electron chi connectivity index (χ4n) is 3.05. The van der Waals surface area contributed by atoms with Crippen LogP contribution in [0.25, 0.3) is 11.1 Å². The van der Waals surface area contributed by atoms with Gasteiger partial charge >= 0.3 is 0 Å². The Morgan fingerprint density at radius 1 is 1.27 bits per heavy atom. The van der Waals surface area contributed by atoms with Crippen molar-refractivity contribution < 1.29 is 19.0 Å². The predicted molar refractivity (Wildman–Crippen MR) is 101 cm³/mol. The Morgan fingerprint density at radius 3 is 2.77 bits per heavy atom. The molecule has 5 nitrogen and oxygen atoms in total. The van der Waals surface area contributed by atoms with Gasteiger partial charge in [0.1, 0.15) is 23.4 Å². The maximum absolute atomic E-state index is 11.5. The Bertz CT molecular complexity index is 822. The fourth-order valence-corrected chi connectivity index (χ4v) is 3.33. The molecule has 0 aliphatic carbocycles. The van der Waals surface area contributed by atoms with Gasteiger partial charge in [-0.3, -0.25) is 4.79 Å². The van der Waals surface area contributed by atoms with Crippen LogP contribution < -0.4 is 19.5 Å². The van der Waals surface area contributed by atoms with Crippen LogP contribution in [-0.4, -0.2) is 32.8 Å². The summed E-state index contributed by atoms with van der Waals surface area (Å²) in [5.74, 6) is 2.19. The van der Waals surface area contributed by atoms with Crippen molar-refractivity contribution in [2.75, 3.05) is 20.8 Å². The van der Waals surface area contributed by atoms with Gasteiger partial charge in [0, 0.05) is 24.0 Å². The van der Waals surface area contributed by atoms with Crippen LogP contribution in [-0.2, 0) is 11.2 Å². The van der Waals surface area contributed by atoms with Crippen LogP contribution in [0.4, 0.5) is 0 Å². The summed E-state index contributed by atoms with van der Waals surface area (Å²) in [5.41, 5.74) is 2.86. The van der Waals surface area contributed by atoms with E-state index in [0.29, 0.717) is 30.2 Å². The lowest BCUT2D eigenvalue weighted by molar-refractivity contribution is -0.121. The molecule has 1 N–H and O–H groups in total. The average Bonchev–Trinajstić information content (AvgIpc) is 3.09. The third-order valence-electron chi connectivity index (χ3n) is 4.42. The summed E-state index contributed by atoms with van der Waals surface area (Å²) in [6.45, 7) is 2.29. The lowest BCUT2D eigenvalue weighted by Gasteiger charge is -2.13. The maximum atomic E-state index is 11.5. The number of rotatable bonds is 6. The smallest absolute Gasteiger partial charge is 0.219 e. The number of ether oxygens (including phenoxy) is 3. The minimum absolute atomic E-state index is 0.0115. The second-order valence-corrected chi connectivity index (χ2v) is 6.52. The van der Waals surface area contributed by atoms with E-state index < -0.39 is 0 Å². The number of carbonyl (C=O) groups excluding carboxylic acids is 1. The van der Waals surface area contributed by atoms with E-state index in [-0.39, 0.29) is 12.0 Å². The van der Waals surface area contributed by atoms with Crippen molar-refractivity contribution in [1.82, 2.24) is 5.32 Å². The first-order valence-electron chi connectivity index (χ1n) is 8.53. The summed E-state index contributed by atoms with van der Waals surface area (Å²) in [4.78, 5) is 11.5. The Labute approximate surface area is 158 Å². The van der Waals surface area contributed by atoms with Crippen molar-refractivity contribution in [3.63, 3.8) is 0 Å². The van der Waals surface area contributed by atoms with Crippen LogP contribution in [0.2, 0.25) is 5.02 Å². The summed E-state index contributed by atoms with van der Waals surface area (Å²) in [6.07, 6.45) is 1.04. The summed E-state index contributed by atoms with van der Waals surface area (Å²) in [5, 5.41) is 3.41. The topological polar surface area (TPSA) is 56.8 Å². The van der Waals surface area contributed by atoms with Crippen molar-refractivity contribution in [2.45, 2.75) is 25.9 Å². The van der Waals surface area contributed by atoms with Gasteiger partial charge in [-0.05, 0) is 35.9 Å². The molecule has 0 radical (unpaired) electrons. The Balaban J connectivity index is 1.88. The van der Waals surface area contributed by atoms with Gasteiger partial charge in [0.25, 0.3) is 0 Å². The van der Waals surface area contributed by atoms with E-state index in [9.17, 15) is 4.79 Å². The number of amides is 1. The van der Waals surface area contributed by atoms with Crippen LogP contribution in [0.1, 0.15) is 18.9 Å². The molecule has 0 saturated carbocycles. The zero-order valence-electron chi connectivity index (χ0n) is 15.1. The van der Waals surface area contributed by atoms with E-state index in [2.05, 4.69) is 11.4 Å². The zero-order valence-corrected chi connectivity index (χ0v) is 15.9. The summed E-state index contributed by atoms with van der Waals surface area (Å²) < 4.78 is 16.7. The van der Waals surface area contributed by atoms with Crippen LogP contribution in [0.3, 0.4) is 0 Å². The van der Waals surface area contributed by atoms with Crippen LogP contribution in [0.15, 0.2) is 30.3 Å². The number of nitrogens with one attached hydrogen (secondary N) is 1. The zero-order chi connectivity index (χ0) is 18.7. The first kappa shape index (κ1) is 18.4. The summed E-state index contributed by atoms with van der Waals surface area (Å²) >= 11 is 6.46. The minimum Gasteiger partial charge on any atom is -0.497 e. The van der Waals surface area contributed by atoms with E-state index in [0.717, 1.165) is 28.2 Å². The van der Waals surface area contributed by atoms with Crippen molar-refractivity contribution >= 4 is 17.5 Å². The average molecular weight is 376 g/mol. The molecule has 1 aliphatic rings. The molecule has 0 spiro atoms. The van der Waals surface area contributed by atoms with E-state index in [1.807, 2.05) is 31.2 Å². The lowest BCUT2D eigenvalue weighted by atomic mass is 9.99. The van der Waals surface area contributed by atoms with Crippen molar-refractivity contribution in [1.29, 1.82) is 0 Å². The van der Waals surface area contributed by atoms with Gasteiger partial charge in [-0.25, -0.2) is 0 Å². The van der Waals surface area contributed by atoms with Crippen molar-refractivity contribution in [3.05, 3.63) is 40.9 Å². The largest absolute Gasteiger partial charge is 0.497 e. The van der Waals surface area contributed by atoms with Crippen LogP contribution >= 0.6 is 11.6 Å². The molecule has 6 heteroatoms. The third kappa shape index (κ3) is 3.73. The number of benzene rings is 2.